The van der Waals surface area contributed by atoms with E-state index in [-0.39, 0.29) is 50.3 Å². The summed E-state index contributed by atoms with van der Waals surface area (Å²) in [5.74, 6) is -1.18. The second-order valence-corrected chi connectivity index (χ2v) is 26.0. The molecule has 0 heterocycles. The van der Waals surface area contributed by atoms with Gasteiger partial charge in [-0.15, -0.1) is 0 Å². The maximum atomic E-state index is 12.1. The van der Waals surface area contributed by atoms with Crippen molar-refractivity contribution in [3.05, 3.63) is 24.3 Å². The molecule has 10 nitrogen and oxygen atoms in total. The number of hydrogen-bond donors (Lipinski definition) is 2. The van der Waals surface area contributed by atoms with Gasteiger partial charge >= 0.3 is 23.9 Å². The Bertz CT molecular complexity index is 1480. The predicted molar refractivity (Wildman–Crippen MR) is 374 cm³/mol. The summed E-state index contributed by atoms with van der Waals surface area (Å²) in [7, 11) is 0. The quantitative estimate of drug-likeness (QED) is 0.0261. The van der Waals surface area contributed by atoms with Gasteiger partial charge in [-0.25, -0.2) is 0 Å². The molecular formula is C78H148O10. The highest BCUT2D eigenvalue weighted by atomic mass is 16.6. The molecule has 0 rings (SSSR count). The van der Waals surface area contributed by atoms with Gasteiger partial charge in [0.15, 0.2) is 12.2 Å². The van der Waals surface area contributed by atoms with Crippen LogP contribution in [-0.4, -0.2) is 72.7 Å². The third kappa shape index (κ3) is 74.0. The van der Waals surface area contributed by atoms with Crippen LogP contribution in [0, 0.1) is 0 Å². The van der Waals surface area contributed by atoms with Gasteiger partial charge in [-0.05, 0) is 77.0 Å². The molecule has 520 valence electrons. The summed E-state index contributed by atoms with van der Waals surface area (Å²) in [6.45, 7) is 8.27. The van der Waals surface area contributed by atoms with E-state index in [4.69, 9.17) is 18.9 Å². The summed E-state index contributed by atoms with van der Waals surface area (Å²) >= 11 is 0. The van der Waals surface area contributed by atoms with Gasteiger partial charge in [0.05, 0.1) is 13.2 Å². The van der Waals surface area contributed by atoms with Crippen molar-refractivity contribution in [1.82, 2.24) is 0 Å². The van der Waals surface area contributed by atoms with Gasteiger partial charge in [-0.1, -0.05) is 335 Å². The summed E-state index contributed by atoms with van der Waals surface area (Å²) < 4.78 is 21.2. The van der Waals surface area contributed by atoms with Crippen LogP contribution in [0.25, 0.3) is 0 Å². The lowest BCUT2D eigenvalue weighted by Gasteiger charge is -2.15. The first-order valence-electron chi connectivity index (χ1n) is 38.5. The van der Waals surface area contributed by atoms with E-state index in [2.05, 4.69) is 52.0 Å². The summed E-state index contributed by atoms with van der Waals surface area (Å²) in [6.07, 6.45) is 79.6. The summed E-state index contributed by atoms with van der Waals surface area (Å²) in [4.78, 5) is 48.4. The second kappa shape index (κ2) is 76.7. The molecule has 0 aliphatic rings. The molecule has 0 bridgehead atoms. The first kappa shape index (κ1) is 87.3. The highest BCUT2D eigenvalue weighted by molar-refractivity contribution is 5.71. The maximum Gasteiger partial charge on any atom is 0.306 e. The minimum Gasteiger partial charge on any atom is -0.462 e. The predicted octanol–water partition coefficient (Wildman–Crippen LogP) is 23.5. The Morgan fingerprint density at radius 1 is 0.250 bits per heavy atom. The molecule has 0 spiro atoms. The monoisotopic (exact) mass is 1250 g/mol. The molecule has 2 unspecified atom stereocenters. The van der Waals surface area contributed by atoms with Crippen LogP contribution in [0.5, 0.6) is 0 Å². The number of rotatable bonds is 70. The third-order valence-electron chi connectivity index (χ3n) is 17.1. The molecule has 0 saturated carbocycles. The molecule has 0 aliphatic heterocycles. The Labute approximate surface area is 545 Å². The van der Waals surface area contributed by atoms with Crippen molar-refractivity contribution in [1.29, 1.82) is 0 Å². The zero-order valence-electron chi connectivity index (χ0n) is 58.9. The highest BCUT2D eigenvalue weighted by Crippen LogP contribution is 2.18. The lowest BCUT2D eigenvalue weighted by Crippen LogP contribution is -2.28. The molecule has 88 heavy (non-hydrogen) atoms. The average Bonchev–Trinajstić information content (AvgIpc) is 3.53. The Morgan fingerprint density at radius 2 is 0.420 bits per heavy atom. The van der Waals surface area contributed by atoms with Crippen molar-refractivity contribution in [3.8, 4) is 0 Å². The lowest BCUT2D eigenvalue weighted by atomic mass is 10.0. The fourth-order valence-electron chi connectivity index (χ4n) is 11.2. The fraction of sp³-hybridized carbons (Fsp3) is 0.897. The lowest BCUT2D eigenvalue weighted by molar-refractivity contribution is -0.161. The van der Waals surface area contributed by atoms with Crippen LogP contribution < -0.4 is 0 Å². The normalized spacial score (nSPS) is 12.2. The molecule has 0 aliphatic carbocycles. The van der Waals surface area contributed by atoms with Crippen molar-refractivity contribution in [2.24, 2.45) is 0 Å². The molecule has 0 fully saturated rings. The fourth-order valence-corrected chi connectivity index (χ4v) is 11.2. The minimum absolute atomic E-state index is 0.0569. The number of aliphatic hydroxyl groups excluding tert-OH is 2. The number of allylic oxidation sites excluding steroid dienone is 4. The standard InChI is InChI=1S/C39H76O5.C39H72O5/c2*1-3-5-7-9-11-13-15-17-19-21-23-25-27-29-31-33-38(41)43-36-37(35-40)44-39(42)34-32-30-28-26-24-22-20-18-16-14-12-10-8-6-4-2/h37,40H,3-36H2,1-2H3;17-20,37,40H,3-16,21-36H2,1-2H3/b;19-17-,20-18-. The number of ether oxygens (including phenoxy) is 4. The van der Waals surface area contributed by atoms with E-state index >= 15 is 0 Å². The SMILES string of the molecule is CCCCCCCC/C=C\CCCCCCCC(=O)OCC(CO)OC(=O)CCCCCCC/C=C\CCCCCCCC.CCCCCCCCCCCCCCCCCC(=O)OCC(CO)OC(=O)CCCCCCCCCCCCCCCCC. The summed E-state index contributed by atoms with van der Waals surface area (Å²) in [5.41, 5.74) is 0. The second-order valence-electron chi connectivity index (χ2n) is 26.0. The van der Waals surface area contributed by atoms with Crippen LogP contribution >= 0.6 is 0 Å². The van der Waals surface area contributed by atoms with Crippen molar-refractivity contribution in [3.63, 3.8) is 0 Å². The number of carbonyl (C=O) groups is 4. The van der Waals surface area contributed by atoms with E-state index in [1.165, 1.54) is 276 Å². The van der Waals surface area contributed by atoms with Gasteiger partial charge in [0.1, 0.15) is 13.2 Å². The molecule has 0 aromatic rings. The van der Waals surface area contributed by atoms with E-state index in [1.807, 2.05) is 0 Å². The smallest absolute Gasteiger partial charge is 0.306 e. The first-order chi connectivity index (χ1) is 43.3. The van der Waals surface area contributed by atoms with E-state index in [0.29, 0.717) is 25.7 Å². The van der Waals surface area contributed by atoms with Gasteiger partial charge in [0.2, 0.25) is 0 Å². The van der Waals surface area contributed by atoms with Crippen molar-refractivity contribution in [2.45, 2.75) is 425 Å². The topological polar surface area (TPSA) is 146 Å². The molecule has 0 saturated heterocycles. The van der Waals surface area contributed by atoms with Crippen LogP contribution in [0.15, 0.2) is 24.3 Å². The Balaban J connectivity index is 0. The van der Waals surface area contributed by atoms with E-state index < -0.39 is 12.2 Å². The minimum atomic E-state index is -0.774. The van der Waals surface area contributed by atoms with Gasteiger partial charge in [0, 0.05) is 25.7 Å². The Kier molecular flexibility index (Phi) is 76.2. The largest absolute Gasteiger partial charge is 0.462 e. The summed E-state index contributed by atoms with van der Waals surface area (Å²) in [5, 5.41) is 19.1. The molecule has 10 heteroatoms. The highest BCUT2D eigenvalue weighted by Gasteiger charge is 2.18. The van der Waals surface area contributed by atoms with Crippen LogP contribution in [0.4, 0.5) is 0 Å². The molecule has 0 radical (unpaired) electrons. The van der Waals surface area contributed by atoms with Crippen molar-refractivity contribution >= 4 is 23.9 Å². The zero-order valence-corrected chi connectivity index (χ0v) is 58.9. The van der Waals surface area contributed by atoms with E-state index in [1.54, 1.807) is 0 Å². The average molecular weight is 1250 g/mol. The number of hydrogen-bond acceptors (Lipinski definition) is 10. The van der Waals surface area contributed by atoms with Gasteiger partial charge in [-0.2, -0.15) is 0 Å². The van der Waals surface area contributed by atoms with E-state index in [0.717, 1.165) is 83.5 Å². The number of esters is 4. The Morgan fingerprint density at radius 3 is 0.614 bits per heavy atom. The molecule has 2 N–H and O–H groups in total. The number of carbonyl (C=O) groups excluding carboxylic acids is 4. The van der Waals surface area contributed by atoms with Crippen LogP contribution in [0.1, 0.15) is 413 Å². The van der Waals surface area contributed by atoms with Gasteiger partial charge in [0.25, 0.3) is 0 Å². The van der Waals surface area contributed by atoms with Gasteiger partial charge < -0.3 is 29.2 Å². The van der Waals surface area contributed by atoms with Crippen molar-refractivity contribution < 1.29 is 48.3 Å². The molecule has 2 atom stereocenters. The Hall–Kier alpha value is -2.72. The molecule has 0 aromatic carbocycles. The first-order valence-corrected chi connectivity index (χ1v) is 38.5. The summed E-state index contributed by atoms with van der Waals surface area (Å²) in [6, 6.07) is 0. The van der Waals surface area contributed by atoms with E-state index in [9.17, 15) is 29.4 Å². The third-order valence-corrected chi connectivity index (χ3v) is 17.1. The van der Waals surface area contributed by atoms with Crippen LogP contribution in [0.2, 0.25) is 0 Å². The molecular weight excluding hydrogens is 1100 g/mol. The number of unbranched alkanes of at least 4 members (excludes halogenated alkanes) is 50. The van der Waals surface area contributed by atoms with Crippen LogP contribution in [-0.2, 0) is 38.1 Å². The molecule has 0 aromatic heterocycles. The van der Waals surface area contributed by atoms with Crippen LogP contribution in [0.3, 0.4) is 0 Å². The molecule has 0 amide bonds. The zero-order chi connectivity index (χ0) is 64.4. The van der Waals surface area contributed by atoms with Gasteiger partial charge in [-0.3, -0.25) is 19.2 Å². The number of aliphatic hydroxyl groups is 2. The van der Waals surface area contributed by atoms with Crippen molar-refractivity contribution in [2.75, 3.05) is 26.4 Å². The maximum absolute atomic E-state index is 12.1.